The highest BCUT2D eigenvalue weighted by atomic mass is 16.5. The van der Waals surface area contributed by atoms with Gasteiger partial charge < -0.3 is 4.74 Å². The summed E-state index contributed by atoms with van der Waals surface area (Å²) in [5.74, 6) is 0. The summed E-state index contributed by atoms with van der Waals surface area (Å²) in [5, 5.41) is 0. The highest BCUT2D eigenvalue weighted by Gasteiger charge is 2.17. The molecule has 0 atom stereocenters. The fourth-order valence-electron chi connectivity index (χ4n) is 3.35. The van der Waals surface area contributed by atoms with Crippen LogP contribution in [0.1, 0.15) is 97.1 Å². The van der Waals surface area contributed by atoms with Gasteiger partial charge in [0, 0.05) is 0 Å². The van der Waals surface area contributed by atoms with Crippen LogP contribution in [0.5, 0.6) is 0 Å². The van der Waals surface area contributed by atoms with Crippen LogP contribution in [-0.2, 0) is 22.4 Å². The molecule has 0 heterocycles. The maximum absolute atomic E-state index is 10.5. The van der Waals surface area contributed by atoms with E-state index in [0.29, 0.717) is 11.9 Å². The fourth-order valence-corrected chi connectivity index (χ4v) is 3.35. The van der Waals surface area contributed by atoms with Crippen LogP contribution in [0.2, 0.25) is 0 Å². The van der Waals surface area contributed by atoms with Crippen molar-refractivity contribution in [3.63, 3.8) is 0 Å². The van der Waals surface area contributed by atoms with Crippen LogP contribution in [0.3, 0.4) is 0 Å². The molecule has 0 aliphatic carbocycles. The first kappa shape index (κ1) is 22.7. The summed E-state index contributed by atoms with van der Waals surface area (Å²) in [6.07, 6.45) is 12.1. The molecule has 0 unspecified atom stereocenters. The number of aryl methyl sites for hydroxylation is 2. The molecule has 0 N–H and O–H groups in total. The molecule has 148 valence electrons. The molecule has 0 saturated heterocycles. The predicted molar refractivity (Wildman–Crippen MR) is 111 cm³/mol. The molecule has 0 aliphatic heterocycles. The standard InChI is InChI=1S/C24H40O2/c1-23(2,3)17-10-6-8-13-21-15-12-16-22(19-21)14-9-7-11-18-24(4,5)26-20-25/h12,15-16,19-20H,6-11,13-14,17-18H2,1-5H3. The van der Waals surface area contributed by atoms with Crippen molar-refractivity contribution in [3.8, 4) is 0 Å². The number of unbranched alkanes of at least 4 members (excludes halogenated alkanes) is 4. The van der Waals surface area contributed by atoms with Crippen molar-refractivity contribution < 1.29 is 9.53 Å². The monoisotopic (exact) mass is 360 g/mol. The van der Waals surface area contributed by atoms with Crippen LogP contribution in [0.25, 0.3) is 0 Å². The summed E-state index contributed by atoms with van der Waals surface area (Å²) in [6, 6.07) is 9.12. The lowest BCUT2D eigenvalue weighted by atomic mass is 9.89. The highest BCUT2D eigenvalue weighted by Crippen LogP contribution is 2.23. The van der Waals surface area contributed by atoms with Gasteiger partial charge >= 0.3 is 0 Å². The maximum atomic E-state index is 10.5. The van der Waals surface area contributed by atoms with Crippen LogP contribution >= 0.6 is 0 Å². The Morgan fingerprint density at radius 2 is 1.35 bits per heavy atom. The van der Waals surface area contributed by atoms with Gasteiger partial charge in [-0.15, -0.1) is 0 Å². The first-order valence-corrected chi connectivity index (χ1v) is 10.4. The molecule has 0 aliphatic rings. The van der Waals surface area contributed by atoms with Crippen molar-refractivity contribution in [3.05, 3.63) is 35.4 Å². The molecule has 0 bridgehead atoms. The van der Waals surface area contributed by atoms with Crippen molar-refractivity contribution in [1.29, 1.82) is 0 Å². The number of hydrogen-bond acceptors (Lipinski definition) is 2. The summed E-state index contributed by atoms with van der Waals surface area (Å²) >= 11 is 0. The van der Waals surface area contributed by atoms with E-state index < -0.39 is 0 Å². The third-order valence-corrected chi connectivity index (χ3v) is 5.00. The van der Waals surface area contributed by atoms with Crippen LogP contribution in [-0.4, -0.2) is 12.1 Å². The van der Waals surface area contributed by atoms with E-state index in [1.165, 1.54) is 56.1 Å². The zero-order valence-corrected chi connectivity index (χ0v) is 17.8. The normalized spacial score (nSPS) is 12.2. The van der Waals surface area contributed by atoms with E-state index in [1.54, 1.807) is 0 Å². The number of carbonyl (C=O) groups excluding carboxylic acids is 1. The summed E-state index contributed by atoms with van der Waals surface area (Å²) in [6.45, 7) is 11.5. The topological polar surface area (TPSA) is 26.3 Å². The van der Waals surface area contributed by atoms with Gasteiger partial charge in [0.2, 0.25) is 0 Å². The molecular formula is C24H40O2. The zero-order chi connectivity index (χ0) is 19.5. The number of carbonyl (C=O) groups is 1. The van der Waals surface area contributed by atoms with Crippen LogP contribution < -0.4 is 0 Å². The first-order valence-electron chi connectivity index (χ1n) is 10.4. The van der Waals surface area contributed by atoms with E-state index in [4.69, 9.17) is 4.74 Å². The van der Waals surface area contributed by atoms with Gasteiger partial charge in [0.15, 0.2) is 0 Å². The maximum Gasteiger partial charge on any atom is 0.293 e. The third-order valence-electron chi connectivity index (χ3n) is 5.00. The van der Waals surface area contributed by atoms with Crippen molar-refractivity contribution in [2.45, 2.75) is 104 Å². The molecule has 1 aromatic carbocycles. The average molecular weight is 361 g/mol. The highest BCUT2D eigenvalue weighted by molar-refractivity contribution is 5.38. The summed E-state index contributed by atoms with van der Waals surface area (Å²) in [5.41, 5.74) is 3.09. The summed E-state index contributed by atoms with van der Waals surface area (Å²) in [4.78, 5) is 10.5. The van der Waals surface area contributed by atoms with Gasteiger partial charge in [-0.1, -0.05) is 64.3 Å². The van der Waals surface area contributed by atoms with E-state index in [0.717, 1.165) is 19.3 Å². The van der Waals surface area contributed by atoms with Crippen LogP contribution in [0.4, 0.5) is 0 Å². The minimum absolute atomic E-state index is 0.325. The molecule has 0 saturated carbocycles. The lowest BCUT2D eigenvalue weighted by Gasteiger charge is -2.22. The van der Waals surface area contributed by atoms with Crippen LogP contribution in [0, 0.1) is 5.41 Å². The van der Waals surface area contributed by atoms with Gasteiger partial charge in [0.05, 0.1) is 0 Å². The second kappa shape index (κ2) is 11.4. The molecule has 0 spiro atoms. The molecule has 2 heteroatoms. The quantitative estimate of drug-likeness (QED) is 0.283. The SMILES string of the molecule is CC(C)(C)CCCCCc1cccc(CCCCCC(C)(C)OC=O)c1. The molecule has 0 radical (unpaired) electrons. The summed E-state index contributed by atoms with van der Waals surface area (Å²) < 4.78 is 5.10. The Labute approximate surface area is 161 Å². The largest absolute Gasteiger partial charge is 0.462 e. The van der Waals surface area contributed by atoms with E-state index in [2.05, 4.69) is 45.0 Å². The third kappa shape index (κ3) is 11.3. The first-order chi connectivity index (χ1) is 12.2. The minimum Gasteiger partial charge on any atom is -0.462 e. The Morgan fingerprint density at radius 3 is 1.85 bits per heavy atom. The van der Waals surface area contributed by atoms with Gasteiger partial charge in [-0.25, -0.2) is 0 Å². The number of rotatable bonds is 13. The number of benzene rings is 1. The predicted octanol–water partition coefficient (Wildman–Crippen LogP) is 6.89. The van der Waals surface area contributed by atoms with E-state index in [1.807, 2.05) is 13.8 Å². The van der Waals surface area contributed by atoms with Gasteiger partial charge in [0.25, 0.3) is 6.47 Å². The van der Waals surface area contributed by atoms with Crippen LogP contribution in [0.15, 0.2) is 24.3 Å². The Morgan fingerprint density at radius 1 is 0.808 bits per heavy atom. The Hall–Kier alpha value is -1.31. The molecular weight excluding hydrogens is 320 g/mol. The fraction of sp³-hybridized carbons (Fsp3) is 0.708. The van der Waals surface area contributed by atoms with Gasteiger partial charge in [-0.05, 0) is 75.3 Å². The zero-order valence-electron chi connectivity index (χ0n) is 17.8. The number of hydrogen-bond donors (Lipinski definition) is 0. The van der Waals surface area contributed by atoms with Crippen molar-refractivity contribution in [2.75, 3.05) is 0 Å². The van der Waals surface area contributed by atoms with E-state index >= 15 is 0 Å². The average Bonchev–Trinajstić information content (AvgIpc) is 2.53. The molecule has 1 rings (SSSR count). The smallest absolute Gasteiger partial charge is 0.293 e. The molecule has 2 nitrogen and oxygen atoms in total. The minimum atomic E-state index is -0.325. The molecule has 0 aromatic heterocycles. The Kier molecular flexibility index (Phi) is 9.98. The second-order valence-corrected chi connectivity index (χ2v) is 9.48. The van der Waals surface area contributed by atoms with Crippen molar-refractivity contribution in [2.24, 2.45) is 5.41 Å². The van der Waals surface area contributed by atoms with Gasteiger partial charge in [-0.2, -0.15) is 0 Å². The van der Waals surface area contributed by atoms with Gasteiger partial charge in [0.1, 0.15) is 5.60 Å². The molecule has 1 aromatic rings. The lowest BCUT2D eigenvalue weighted by molar-refractivity contribution is -0.140. The number of ether oxygens (including phenoxy) is 1. The van der Waals surface area contributed by atoms with Crippen molar-refractivity contribution in [1.82, 2.24) is 0 Å². The Balaban J connectivity index is 2.22. The lowest BCUT2D eigenvalue weighted by Crippen LogP contribution is -2.23. The molecule has 0 amide bonds. The van der Waals surface area contributed by atoms with Gasteiger partial charge in [-0.3, -0.25) is 4.79 Å². The van der Waals surface area contributed by atoms with Crippen molar-refractivity contribution >= 4 is 6.47 Å². The molecule has 0 fully saturated rings. The molecule has 26 heavy (non-hydrogen) atoms. The summed E-state index contributed by atoms with van der Waals surface area (Å²) in [7, 11) is 0. The second-order valence-electron chi connectivity index (χ2n) is 9.48. The Bertz CT molecular complexity index is 511. The van der Waals surface area contributed by atoms with E-state index in [9.17, 15) is 4.79 Å². The van der Waals surface area contributed by atoms with E-state index in [-0.39, 0.29) is 5.60 Å².